The van der Waals surface area contributed by atoms with Crippen LogP contribution in [0, 0.1) is 20.2 Å². The van der Waals surface area contributed by atoms with E-state index in [0.29, 0.717) is 35.1 Å². The minimum atomic E-state index is -0.584. The maximum Gasteiger partial charge on any atom is 0.288 e. The molecular weight excluding hydrogens is 407 g/mol. The molecule has 0 aromatic heterocycles. The quantitative estimate of drug-likeness (QED) is 0.362. The SMILES string of the molecule is O=C1C(=Cc2ccc(Cl)c([N+](=O)[O-])c2)CCC1=Cc1ccc(Cl)c([N+](=O)[O-])c1. The molecule has 9 heteroatoms. The van der Waals surface area contributed by atoms with E-state index in [-0.39, 0.29) is 27.2 Å². The van der Waals surface area contributed by atoms with Crippen molar-refractivity contribution in [3.05, 3.63) is 88.9 Å². The molecule has 1 aliphatic carbocycles. The van der Waals surface area contributed by atoms with E-state index >= 15 is 0 Å². The Kier molecular flexibility index (Phi) is 5.58. The summed E-state index contributed by atoms with van der Waals surface area (Å²) in [5.41, 5.74) is 1.56. The number of carbonyl (C=O) groups is 1. The third-order valence-corrected chi connectivity index (χ3v) is 4.90. The zero-order valence-corrected chi connectivity index (χ0v) is 15.7. The Hall–Kier alpha value is -3.03. The molecule has 0 spiro atoms. The number of hydrogen-bond donors (Lipinski definition) is 0. The summed E-state index contributed by atoms with van der Waals surface area (Å²) in [4.78, 5) is 33.5. The van der Waals surface area contributed by atoms with Crippen LogP contribution in [-0.4, -0.2) is 15.6 Å². The summed E-state index contributed by atoms with van der Waals surface area (Å²) in [5, 5.41) is 22.0. The molecule has 0 N–H and O–H groups in total. The van der Waals surface area contributed by atoms with Gasteiger partial charge in [0.05, 0.1) is 9.85 Å². The molecule has 0 bridgehead atoms. The molecule has 0 atom stereocenters. The molecule has 0 radical (unpaired) electrons. The third kappa shape index (κ3) is 4.11. The van der Waals surface area contributed by atoms with Crippen LogP contribution in [0.4, 0.5) is 11.4 Å². The summed E-state index contributed by atoms with van der Waals surface area (Å²) in [7, 11) is 0. The highest BCUT2D eigenvalue weighted by atomic mass is 35.5. The Morgan fingerprint density at radius 2 is 1.18 bits per heavy atom. The fourth-order valence-corrected chi connectivity index (χ4v) is 3.27. The topological polar surface area (TPSA) is 103 Å². The van der Waals surface area contributed by atoms with Crippen LogP contribution in [0.1, 0.15) is 24.0 Å². The first-order valence-corrected chi connectivity index (χ1v) is 8.85. The zero-order valence-electron chi connectivity index (χ0n) is 14.2. The monoisotopic (exact) mass is 418 g/mol. The van der Waals surface area contributed by atoms with E-state index in [9.17, 15) is 25.0 Å². The maximum atomic E-state index is 12.6. The Bertz CT molecular complexity index is 992. The van der Waals surface area contributed by atoms with Crippen molar-refractivity contribution < 1.29 is 14.6 Å². The average molecular weight is 419 g/mol. The predicted octanol–water partition coefficient (Wildman–Crippen LogP) is 5.64. The maximum absolute atomic E-state index is 12.6. The third-order valence-electron chi connectivity index (χ3n) is 4.26. The lowest BCUT2D eigenvalue weighted by molar-refractivity contribution is -0.384. The van der Waals surface area contributed by atoms with Crippen LogP contribution in [0.25, 0.3) is 12.2 Å². The van der Waals surface area contributed by atoms with Gasteiger partial charge >= 0.3 is 0 Å². The number of allylic oxidation sites excluding steroid dienone is 2. The molecule has 1 fully saturated rings. The normalized spacial score (nSPS) is 16.7. The predicted molar refractivity (Wildman–Crippen MR) is 106 cm³/mol. The second-order valence-electron chi connectivity index (χ2n) is 6.10. The van der Waals surface area contributed by atoms with Gasteiger partial charge in [0.15, 0.2) is 5.78 Å². The molecule has 28 heavy (non-hydrogen) atoms. The van der Waals surface area contributed by atoms with Crippen LogP contribution in [-0.2, 0) is 4.79 Å². The largest absolute Gasteiger partial charge is 0.289 e. The fraction of sp³-hybridized carbons (Fsp3) is 0.105. The molecule has 142 valence electrons. The standard InChI is InChI=1S/C19H12Cl2N2O5/c20-15-5-1-11(9-17(15)22(25)26)7-13-3-4-14(19(13)24)8-12-2-6-16(21)18(10-12)23(27)28/h1-2,5-10H,3-4H2. The van der Waals surface area contributed by atoms with Crippen molar-refractivity contribution in [1.82, 2.24) is 0 Å². The number of hydrogen-bond acceptors (Lipinski definition) is 5. The number of nitrogens with zero attached hydrogens (tertiary/aromatic N) is 2. The molecule has 3 rings (SSSR count). The van der Waals surface area contributed by atoms with Gasteiger partial charge in [-0.1, -0.05) is 35.3 Å². The molecule has 2 aromatic rings. The smallest absolute Gasteiger partial charge is 0.288 e. The number of ketones is 1. The highest BCUT2D eigenvalue weighted by Crippen LogP contribution is 2.33. The van der Waals surface area contributed by atoms with Gasteiger partial charge in [0.2, 0.25) is 0 Å². The lowest BCUT2D eigenvalue weighted by Gasteiger charge is -2.00. The first-order valence-electron chi connectivity index (χ1n) is 8.10. The minimum Gasteiger partial charge on any atom is -0.289 e. The number of nitro groups is 2. The number of benzene rings is 2. The van der Waals surface area contributed by atoms with Crippen molar-refractivity contribution >= 4 is 52.5 Å². The molecule has 0 saturated heterocycles. The number of carbonyl (C=O) groups excluding carboxylic acids is 1. The van der Waals surface area contributed by atoms with Crippen LogP contribution in [0.15, 0.2) is 47.5 Å². The number of halogens is 2. The number of rotatable bonds is 4. The average Bonchev–Trinajstić information content (AvgIpc) is 2.97. The highest BCUT2D eigenvalue weighted by Gasteiger charge is 2.24. The minimum absolute atomic E-state index is 0.0230. The Balaban J connectivity index is 1.89. The van der Waals surface area contributed by atoms with E-state index in [0.717, 1.165) is 0 Å². The van der Waals surface area contributed by atoms with Crippen molar-refractivity contribution in [2.45, 2.75) is 12.8 Å². The van der Waals surface area contributed by atoms with Crippen molar-refractivity contribution in [2.75, 3.05) is 0 Å². The van der Waals surface area contributed by atoms with Crippen LogP contribution in [0.3, 0.4) is 0 Å². The van der Waals surface area contributed by atoms with E-state index in [2.05, 4.69) is 0 Å². The van der Waals surface area contributed by atoms with Gasteiger partial charge < -0.3 is 0 Å². The molecule has 1 aliphatic rings. The Labute approximate surface area is 169 Å². The van der Waals surface area contributed by atoms with Crippen molar-refractivity contribution in [3.63, 3.8) is 0 Å². The molecule has 0 unspecified atom stereocenters. The molecule has 2 aromatic carbocycles. The van der Waals surface area contributed by atoms with Crippen molar-refractivity contribution in [1.29, 1.82) is 0 Å². The van der Waals surface area contributed by atoms with Gasteiger partial charge in [-0.3, -0.25) is 25.0 Å². The second kappa shape index (κ2) is 7.92. The lowest BCUT2D eigenvalue weighted by Crippen LogP contribution is -1.96. The van der Waals surface area contributed by atoms with Gasteiger partial charge in [0, 0.05) is 23.3 Å². The van der Waals surface area contributed by atoms with Crippen LogP contribution in [0.5, 0.6) is 0 Å². The highest BCUT2D eigenvalue weighted by molar-refractivity contribution is 6.33. The van der Waals surface area contributed by atoms with E-state index in [1.807, 2.05) is 0 Å². The second-order valence-corrected chi connectivity index (χ2v) is 6.92. The van der Waals surface area contributed by atoms with Gasteiger partial charge in [0.1, 0.15) is 10.0 Å². The van der Waals surface area contributed by atoms with E-state index in [1.165, 1.54) is 24.3 Å². The van der Waals surface area contributed by atoms with Gasteiger partial charge in [-0.05, 0) is 48.3 Å². The van der Waals surface area contributed by atoms with Gasteiger partial charge in [0.25, 0.3) is 11.4 Å². The van der Waals surface area contributed by atoms with Crippen molar-refractivity contribution in [2.24, 2.45) is 0 Å². The molecule has 1 saturated carbocycles. The van der Waals surface area contributed by atoms with Crippen LogP contribution in [0.2, 0.25) is 10.0 Å². The van der Waals surface area contributed by atoms with Gasteiger partial charge in [-0.25, -0.2) is 0 Å². The summed E-state index contributed by atoms with van der Waals surface area (Å²) >= 11 is 11.6. The van der Waals surface area contributed by atoms with Crippen LogP contribution < -0.4 is 0 Å². The van der Waals surface area contributed by atoms with E-state index in [4.69, 9.17) is 23.2 Å². The fourth-order valence-electron chi connectivity index (χ4n) is 2.90. The lowest BCUT2D eigenvalue weighted by atomic mass is 10.1. The Morgan fingerprint density at radius 1 is 0.786 bits per heavy atom. The summed E-state index contributed by atoms with van der Waals surface area (Å²) in [6.07, 6.45) is 4.13. The summed E-state index contributed by atoms with van der Waals surface area (Å²) < 4.78 is 0. The summed E-state index contributed by atoms with van der Waals surface area (Å²) in [6.45, 7) is 0. The zero-order chi connectivity index (χ0) is 20.4. The summed E-state index contributed by atoms with van der Waals surface area (Å²) in [5.74, 6) is -0.199. The van der Waals surface area contributed by atoms with E-state index in [1.54, 1.807) is 24.3 Å². The Morgan fingerprint density at radius 3 is 1.54 bits per heavy atom. The molecule has 7 nitrogen and oxygen atoms in total. The molecule has 0 aliphatic heterocycles. The number of nitro benzene ring substituents is 2. The van der Waals surface area contributed by atoms with Crippen LogP contribution >= 0.6 is 23.2 Å². The molecule has 0 amide bonds. The van der Waals surface area contributed by atoms with Gasteiger partial charge in [-0.2, -0.15) is 0 Å². The number of Topliss-reactive ketones (excluding diaryl/α,β-unsaturated/α-hetero) is 1. The summed E-state index contributed by atoms with van der Waals surface area (Å²) in [6, 6.07) is 8.64. The molecule has 0 heterocycles. The van der Waals surface area contributed by atoms with Gasteiger partial charge in [-0.15, -0.1) is 0 Å². The van der Waals surface area contributed by atoms with E-state index < -0.39 is 9.85 Å². The van der Waals surface area contributed by atoms with Crippen molar-refractivity contribution in [3.8, 4) is 0 Å². The first kappa shape index (κ1) is 19.7. The molecular formula is C19H12Cl2N2O5. The first-order chi connectivity index (χ1) is 13.3.